The van der Waals surface area contributed by atoms with Crippen molar-refractivity contribution >= 4 is 17.9 Å². The molecule has 0 heterocycles. The van der Waals surface area contributed by atoms with Crippen LogP contribution in [0.1, 0.15) is 26.3 Å². The summed E-state index contributed by atoms with van der Waals surface area (Å²) in [5.74, 6) is -0.694. The number of halogens is 5. The van der Waals surface area contributed by atoms with Crippen LogP contribution in [0.5, 0.6) is 0 Å². The van der Waals surface area contributed by atoms with Gasteiger partial charge < -0.3 is 9.64 Å². The molecule has 4 nitrogen and oxygen atoms in total. The fraction of sp³-hybridized carbons (Fsp3) is 0.222. The first-order valence-electron chi connectivity index (χ1n) is 7.66. The summed E-state index contributed by atoms with van der Waals surface area (Å²) < 4.78 is 66.5. The molecule has 0 saturated carbocycles. The zero-order valence-corrected chi connectivity index (χ0v) is 13.7. The van der Waals surface area contributed by atoms with E-state index >= 15 is 0 Å². The highest BCUT2D eigenvalue weighted by molar-refractivity contribution is 6.06. The van der Waals surface area contributed by atoms with E-state index in [0.29, 0.717) is 11.8 Å². The molecule has 0 N–H and O–H groups in total. The third-order valence-corrected chi connectivity index (χ3v) is 3.60. The van der Waals surface area contributed by atoms with Gasteiger partial charge in [-0.15, -0.1) is 0 Å². The second-order valence-electron chi connectivity index (χ2n) is 5.37. The molecule has 0 radical (unpaired) electrons. The van der Waals surface area contributed by atoms with Gasteiger partial charge in [-0.3, -0.25) is 9.59 Å². The van der Waals surface area contributed by atoms with E-state index in [0.717, 1.165) is 29.2 Å². The lowest BCUT2D eigenvalue weighted by Crippen LogP contribution is -2.34. The first kappa shape index (κ1) is 20.5. The zero-order chi connectivity index (χ0) is 20.0. The minimum absolute atomic E-state index is 0.0560. The minimum atomic E-state index is -4.54. The van der Waals surface area contributed by atoms with Crippen LogP contribution in [0.15, 0.2) is 48.5 Å². The lowest BCUT2D eigenvalue weighted by molar-refractivity contribution is -0.137. The van der Waals surface area contributed by atoms with Gasteiger partial charge in [0, 0.05) is 23.4 Å². The van der Waals surface area contributed by atoms with Gasteiger partial charge in [-0.1, -0.05) is 0 Å². The SMILES string of the molecule is O=Cc1ccc(N(CCOC(F)F)C(=O)c2ccc(C(F)(F)F)cc2)cc1. The first-order chi connectivity index (χ1) is 12.7. The molecule has 0 saturated heterocycles. The zero-order valence-electron chi connectivity index (χ0n) is 13.7. The van der Waals surface area contributed by atoms with E-state index in [9.17, 15) is 31.5 Å². The molecule has 27 heavy (non-hydrogen) atoms. The number of aldehydes is 1. The monoisotopic (exact) mass is 387 g/mol. The molecule has 0 unspecified atom stereocenters. The van der Waals surface area contributed by atoms with Crippen molar-refractivity contribution in [1.29, 1.82) is 0 Å². The minimum Gasteiger partial charge on any atom is -0.321 e. The third kappa shape index (κ3) is 5.58. The highest BCUT2D eigenvalue weighted by atomic mass is 19.4. The lowest BCUT2D eigenvalue weighted by atomic mass is 10.1. The van der Waals surface area contributed by atoms with Crippen molar-refractivity contribution < 1.29 is 36.3 Å². The van der Waals surface area contributed by atoms with Crippen molar-refractivity contribution in [3.05, 3.63) is 65.2 Å². The number of carbonyl (C=O) groups is 2. The summed E-state index contributed by atoms with van der Waals surface area (Å²) in [4.78, 5) is 24.5. The predicted octanol–water partition coefficient (Wildman–Crippen LogP) is 4.40. The molecular formula is C18H14F5NO3. The maximum absolute atomic E-state index is 12.7. The Morgan fingerprint density at radius 1 is 1.04 bits per heavy atom. The van der Waals surface area contributed by atoms with Gasteiger partial charge in [0.15, 0.2) is 0 Å². The lowest BCUT2D eigenvalue weighted by Gasteiger charge is -2.23. The Balaban J connectivity index is 2.27. The second kappa shape index (κ2) is 8.72. The molecule has 2 aromatic rings. The van der Waals surface area contributed by atoms with E-state index in [1.54, 1.807) is 0 Å². The van der Waals surface area contributed by atoms with E-state index < -0.39 is 30.9 Å². The van der Waals surface area contributed by atoms with Crippen LogP contribution >= 0.6 is 0 Å². The van der Waals surface area contributed by atoms with Crippen molar-refractivity contribution in [2.75, 3.05) is 18.1 Å². The molecule has 0 aliphatic rings. The Bertz CT molecular complexity index is 773. The summed E-state index contributed by atoms with van der Waals surface area (Å²) >= 11 is 0. The van der Waals surface area contributed by atoms with Gasteiger partial charge >= 0.3 is 12.8 Å². The van der Waals surface area contributed by atoms with Gasteiger partial charge in [0.1, 0.15) is 6.29 Å². The van der Waals surface area contributed by atoms with Gasteiger partial charge in [0.2, 0.25) is 0 Å². The largest absolute Gasteiger partial charge is 0.416 e. The first-order valence-corrected chi connectivity index (χ1v) is 7.66. The van der Waals surface area contributed by atoms with Crippen LogP contribution in [0.4, 0.5) is 27.6 Å². The average Bonchev–Trinajstić information content (AvgIpc) is 2.64. The molecule has 0 fully saturated rings. The molecule has 1 amide bonds. The van der Waals surface area contributed by atoms with Gasteiger partial charge in [0.25, 0.3) is 5.91 Å². The van der Waals surface area contributed by atoms with Crippen LogP contribution in [0.3, 0.4) is 0 Å². The predicted molar refractivity (Wildman–Crippen MR) is 86.9 cm³/mol. The highest BCUT2D eigenvalue weighted by Crippen LogP contribution is 2.29. The van der Waals surface area contributed by atoms with Crippen molar-refractivity contribution in [3.63, 3.8) is 0 Å². The summed E-state index contributed by atoms with van der Waals surface area (Å²) in [6.07, 6.45) is -3.96. The number of hydrogen-bond acceptors (Lipinski definition) is 3. The molecule has 144 valence electrons. The van der Waals surface area contributed by atoms with Crippen molar-refractivity contribution in [1.82, 2.24) is 0 Å². The number of benzene rings is 2. The number of rotatable bonds is 7. The van der Waals surface area contributed by atoms with E-state index in [2.05, 4.69) is 4.74 Å². The number of alkyl halides is 5. The molecule has 2 rings (SSSR count). The summed E-state index contributed by atoms with van der Waals surface area (Å²) in [5, 5.41) is 0. The van der Waals surface area contributed by atoms with E-state index in [1.165, 1.54) is 24.3 Å². The van der Waals surface area contributed by atoms with E-state index in [4.69, 9.17) is 0 Å². The van der Waals surface area contributed by atoms with Gasteiger partial charge in [-0.2, -0.15) is 22.0 Å². The molecule has 0 aliphatic carbocycles. The molecule has 9 heteroatoms. The number of hydrogen-bond donors (Lipinski definition) is 0. The molecule has 0 spiro atoms. The van der Waals surface area contributed by atoms with Gasteiger partial charge in [-0.05, 0) is 48.5 Å². The summed E-state index contributed by atoms with van der Waals surface area (Å²) in [6.45, 7) is -3.77. The summed E-state index contributed by atoms with van der Waals surface area (Å²) in [7, 11) is 0. The molecule has 0 atom stereocenters. The van der Waals surface area contributed by atoms with E-state index in [1.807, 2.05) is 0 Å². The fourth-order valence-corrected chi connectivity index (χ4v) is 2.27. The Morgan fingerprint density at radius 3 is 2.11 bits per heavy atom. The standard InChI is InChI=1S/C18H14F5NO3/c19-17(20)27-10-9-24(15-7-1-12(11-25)2-8-15)16(26)13-3-5-14(6-4-13)18(21,22)23/h1-8,11,17H,9-10H2. The van der Waals surface area contributed by atoms with Crippen molar-refractivity contribution in [2.45, 2.75) is 12.8 Å². The highest BCUT2D eigenvalue weighted by Gasteiger charge is 2.30. The third-order valence-electron chi connectivity index (χ3n) is 3.60. The summed E-state index contributed by atoms with van der Waals surface area (Å²) in [6, 6.07) is 9.22. The number of amides is 1. The number of carbonyl (C=O) groups excluding carboxylic acids is 2. The Hall–Kier alpha value is -2.81. The fourth-order valence-electron chi connectivity index (χ4n) is 2.27. The number of nitrogens with zero attached hydrogens (tertiary/aromatic N) is 1. The normalized spacial score (nSPS) is 11.5. The maximum atomic E-state index is 12.7. The van der Waals surface area contributed by atoms with Gasteiger partial charge in [0.05, 0.1) is 12.2 Å². The Labute approximate surface area is 151 Å². The van der Waals surface area contributed by atoms with Crippen LogP contribution in [0.2, 0.25) is 0 Å². The summed E-state index contributed by atoms with van der Waals surface area (Å²) in [5.41, 5.74) is -0.352. The van der Waals surface area contributed by atoms with Gasteiger partial charge in [-0.25, -0.2) is 0 Å². The van der Waals surface area contributed by atoms with Crippen molar-refractivity contribution in [3.8, 4) is 0 Å². The smallest absolute Gasteiger partial charge is 0.321 e. The van der Waals surface area contributed by atoms with Crippen LogP contribution in [0, 0.1) is 0 Å². The molecule has 0 bridgehead atoms. The Kier molecular flexibility index (Phi) is 6.62. The number of anilines is 1. The molecule has 0 aromatic heterocycles. The Morgan fingerprint density at radius 2 is 1.63 bits per heavy atom. The van der Waals surface area contributed by atoms with Crippen LogP contribution in [0.25, 0.3) is 0 Å². The average molecular weight is 387 g/mol. The molecule has 2 aromatic carbocycles. The quantitative estimate of drug-likeness (QED) is 0.523. The maximum Gasteiger partial charge on any atom is 0.416 e. The van der Waals surface area contributed by atoms with Crippen molar-refractivity contribution in [2.24, 2.45) is 0 Å². The number of ether oxygens (including phenoxy) is 1. The van der Waals surface area contributed by atoms with Crippen LogP contribution in [-0.4, -0.2) is 32.0 Å². The van der Waals surface area contributed by atoms with Crippen LogP contribution < -0.4 is 4.90 Å². The molecule has 0 aliphatic heterocycles. The molecular weight excluding hydrogens is 373 g/mol. The topological polar surface area (TPSA) is 46.6 Å². The van der Waals surface area contributed by atoms with E-state index in [-0.39, 0.29) is 17.8 Å². The second-order valence-corrected chi connectivity index (χ2v) is 5.37. The van der Waals surface area contributed by atoms with Crippen LogP contribution in [-0.2, 0) is 10.9 Å².